The van der Waals surface area contributed by atoms with Crippen molar-refractivity contribution in [3.05, 3.63) is 23.7 Å². The highest BCUT2D eigenvalue weighted by Gasteiger charge is 1.97. The van der Waals surface area contributed by atoms with Crippen LogP contribution in [0.2, 0.25) is 0 Å². The molecule has 86 valence electrons. The molecule has 0 aliphatic heterocycles. The second-order valence-corrected chi connectivity index (χ2v) is 4.15. The van der Waals surface area contributed by atoms with Crippen molar-refractivity contribution in [2.75, 3.05) is 13.1 Å². The van der Waals surface area contributed by atoms with E-state index in [1.165, 1.54) is 0 Å². The van der Waals surface area contributed by atoms with Crippen LogP contribution < -0.4 is 10.6 Å². The Labute approximate surface area is 92.2 Å². The van der Waals surface area contributed by atoms with Crippen molar-refractivity contribution in [1.82, 2.24) is 10.6 Å². The summed E-state index contributed by atoms with van der Waals surface area (Å²) in [4.78, 5) is 0. The van der Waals surface area contributed by atoms with E-state index in [4.69, 9.17) is 4.42 Å². The average molecular weight is 210 g/mol. The van der Waals surface area contributed by atoms with Crippen LogP contribution in [-0.4, -0.2) is 19.1 Å². The Morgan fingerprint density at radius 1 is 1.27 bits per heavy atom. The summed E-state index contributed by atoms with van der Waals surface area (Å²) in [5.74, 6) is 2.00. The van der Waals surface area contributed by atoms with Gasteiger partial charge in [-0.05, 0) is 38.6 Å². The van der Waals surface area contributed by atoms with Gasteiger partial charge in [-0.3, -0.25) is 0 Å². The number of hydrogen-bond donors (Lipinski definition) is 2. The lowest BCUT2D eigenvalue weighted by Gasteiger charge is -2.07. The van der Waals surface area contributed by atoms with Crippen LogP contribution in [-0.2, 0) is 6.54 Å². The smallest absolute Gasteiger partial charge is 0.117 e. The third-order valence-electron chi connectivity index (χ3n) is 2.18. The van der Waals surface area contributed by atoms with E-state index >= 15 is 0 Å². The minimum Gasteiger partial charge on any atom is -0.465 e. The zero-order chi connectivity index (χ0) is 11.1. The molecule has 0 bridgehead atoms. The van der Waals surface area contributed by atoms with Crippen molar-refractivity contribution in [3.63, 3.8) is 0 Å². The van der Waals surface area contributed by atoms with Gasteiger partial charge >= 0.3 is 0 Å². The van der Waals surface area contributed by atoms with Crippen molar-refractivity contribution >= 4 is 0 Å². The highest BCUT2D eigenvalue weighted by molar-refractivity contribution is 5.04. The standard InChI is InChI=1S/C12H22N2O/c1-10(2)14-8-4-7-13-9-12-6-5-11(3)15-12/h5-6,10,13-14H,4,7-9H2,1-3H3. The van der Waals surface area contributed by atoms with Gasteiger partial charge in [-0.15, -0.1) is 0 Å². The Kier molecular flexibility index (Phi) is 5.43. The molecular weight excluding hydrogens is 188 g/mol. The Bertz CT molecular complexity index is 268. The molecule has 0 aliphatic carbocycles. The summed E-state index contributed by atoms with van der Waals surface area (Å²) in [6, 6.07) is 4.60. The number of hydrogen-bond acceptors (Lipinski definition) is 3. The number of rotatable bonds is 7. The summed E-state index contributed by atoms with van der Waals surface area (Å²) in [6.45, 7) is 9.23. The molecule has 1 heterocycles. The number of nitrogens with one attached hydrogen (secondary N) is 2. The van der Waals surface area contributed by atoms with E-state index < -0.39 is 0 Å². The van der Waals surface area contributed by atoms with Gasteiger partial charge < -0.3 is 15.1 Å². The minimum absolute atomic E-state index is 0.581. The maximum Gasteiger partial charge on any atom is 0.117 e. The van der Waals surface area contributed by atoms with Gasteiger partial charge in [0.1, 0.15) is 11.5 Å². The lowest BCUT2D eigenvalue weighted by Crippen LogP contribution is -2.26. The summed E-state index contributed by atoms with van der Waals surface area (Å²) >= 11 is 0. The van der Waals surface area contributed by atoms with E-state index in [1.54, 1.807) is 0 Å². The van der Waals surface area contributed by atoms with Crippen LogP contribution >= 0.6 is 0 Å². The van der Waals surface area contributed by atoms with Gasteiger partial charge in [-0.2, -0.15) is 0 Å². The van der Waals surface area contributed by atoms with Gasteiger partial charge in [0.25, 0.3) is 0 Å². The van der Waals surface area contributed by atoms with Gasteiger partial charge in [-0.1, -0.05) is 13.8 Å². The normalized spacial score (nSPS) is 11.2. The Morgan fingerprint density at radius 2 is 2.07 bits per heavy atom. The maximum absolute atomic E-state index is 5.45. The fourth-order valence-electron chi connectivity index (χ4n) is 1.40. The molecule has 0 aromatic carbocycles. The van der Waals surface area contributed by atoms with Crippen LogP contribution in [0.4, 0.5) is 0 Å². The Balaban J connectivity index is 1.98. The first-order valence-corrected chi connectivity index (χ1v) is 5.68. The first-order chi connectivity index (χ1) is 7.18. The zero-order valence-corrected chi connectivity index (χ0v) is 9.97. The van der Waals surface area contributed by atoms with Crippen LogP contribution in [0.25, 0.3) is 0 Å². The predicted molar refractivity (Wildman–Crippen MR) is 62.9 cm³/mol. The molecule has 0 saturated carbocycles. The third kappa shape index (κ3) is 5.60. The van der Waals surface area contributed by atoms with Crippen molar-refractivity contribution in [2.45, 2.75) is 39.8 Å². The summed E-state index contributed by atoms with van der Waals surface area (Å²) < 4.78 is 5.45. The van der Waals surface area contributed by atoms with Crippen molar-refractivity contribution < 1.29 is 4.42 Å². The molecule has 0 radical (unpaired) electrons. The van der Waals surface area contributed by atoms with Crippen LogP contribution in [0, 0.1) is 6.92 Å². The van der Waals surface area contributed by atoms with Crippen LogP contribution in [0.5, 0.6) is 0 Å². The molecule has 0 atom stereocenters. The maximum atomic E-state index is 5.45. The van der Waals surface area contributed by atoms with Crippen molar-refractivity contribution in [1.29, 1.82) is 0 Å². The van der Waals surface area contributed by atoms with Gasteiger partial charge in [-0.25, -0.2) is 0 Å². The minimum atomic E-state index is 0.581. The SMILES string of the molecule is Cc1ccc(CNCCCNC(C)C)o1. The summed E-state index contributed by atoms with van der Waals surface area (Å²) in [7, 11) is 0. The van der Waals surface area contributed by atoms with Crippen LogP contribution in [0.1, 0.15) is 31.8 Å². The third-order valence-corrected chi connectivity index (χ3v) is 2.18. The zero-order valence-electron chi connectivity index (χ0n) is 9.97. The first-order valence-electron chi connectivity index (χ1n) is 5.68. The summed E-state index contributed by atoms with van der Waals surface area (Å²) in [5, 5.41) is 6.74. The van der Waals surface area contributed by atoms with Gasteiger partial charge in [0, 0.05) is 6.04 Å². The molecule has 1 rings (SSSR count). The summed E-state index contributed by atoms with van der Waals surface area (Å²) in [5.41, 5.74) is 0. The molecule has 3 nitrogen and oxygen atoms in total. The van der Waals surface area contributed by atoms with Crippen molar-refractivity contribution in [3.8, 4) is 0 Å². The monoisotopic (exact) mass is 210 g/mol. The predicted octanol–water partition coefficient (Wildman–Crippen LogP) is 2.07. The largest absolute Gasteiger partial charge is 0.465 e. The molecule has 0 spiro atoms. The van der Waals surface area contributed by atoms with E-state index in [0.29, 0.717) is 6.04 Å². The van der Waals surface area contributed by atoms with E-state index in [9.17, 15) is 0 Å². The molecule has 0 aliphatic rings. The van der Waals surface area contributed by atoms with E-state index in [2.05, 4.69) is 24.5 Å². The van der Waals surface area contributed by atoms with Gasteiger partial charge in [0.05, 0.1) is 6.54 Å². The molecule has 0 unspecified atom stereocenters. The molecule has 0 fully saturated rings. The van der Waals surface area contributed by atoms with Crippen LogP contribution in [0.3, 0.4) is 0 Å². The molecule has 2 N–H and O–H groups in total. The van der Waals surface area contributed by atoms with E-state index in [1.807, 2.05) is 19.1 Å². The van der Waals surface area contributed by atoms with Crippen LogP contribution in [0.15, 0.2) is 16.5 Å². The Morgan fingerprint density at radius 3 is 2.67 bits per heavy atom. The molecule has 1 aromatic rings. The molecule has 0 saturated heterocycles. The molecule has 1 aromatic heterocycles. The average Bonchev–Trinajstić information content (AvgIpc) is 2.57. The topological polar surface area (TPSA) is 37.2 Å². The molecule has 0 amide bonds. The fourth-order valence-corrected chi connectivity index (χ4v) is 1.40. The lowest BCUT2D eigenvalue weighted by molar-refractivity contribution is 0.457. The number of furan rings is 1. The van der Waals surface area contributed by atoms with E-state index in [0.717, 1.165) is 37.6 Å². The summed E-state index contributed by atoms with van der Waals surface area (Å²) in [6.07, 6.45) is 1.15. The molecular formula is C12H22N2O. The molecule has 15 heavy (non-hydrogen) atoms. The highest BCUT2D eigenvalue weighted by atomic mass is 16.3. The fraction of sp³-hybridized carbons (Fsp3) is 0.667. The van der Waals surface area contributed by atoms with E-state index in [-0.39, 0.29) is 0 Å². The quantitative estimate of drug-likeness (QED) is 0.676. The van der Waals surface area contributed by atoms with Gasteiger partial charge in [0.2, 0.25) is 0 Å². The first kappa shape index (κ1) is 12.3. The second-order valence-electron chi connectivity index (χ2n) is 4.15. The highest BCUT2D eigenvalue weighted by Crippen LogP contribution is 2.04. The molecule has 3 heteroatoms. The Hall–Kier alpha value is -0.800. The lowest BCUT2D eigenvalue weighted by atomic mass is 10.3. The van der Waals surface area contributed by atoms with Crippen molar-refractivity contribution in [2.24, 2.45) is 0 Å². The number of aryl methyl sites for hydroxylation is 1. The second kappa shape index (κ2) is 6.64. The van der Waals surface area contributed by atoms with Gasteiger partial charge in [0.15, 0.2) is 0 Å².